The quantitative estimate of drug-likeness (QED) is 0.510. The van der Waals surface area contributed by atoms with E-state index in [0.717, 1.165) is 13.8 Å². The van der Waals surface area contributed by atoms with Crippen LogP contribution in [0.1, 0.15) is 20.8 Å². The molecule has 82 valence electrons. The van der Waals surface area contributed by atoms with Crippen LogP contribution in [0, 0.1) is 0 Å². The van der Waals surface area contributed by atoms with Gasteiger partial charge in [-0.05, 0) is 6.92 Å². The van der Waals surface area contributed by atoms with E-state index in [-0.39, 0.29) is 0 Å². The summed E-state index contributed by atoms with van der Waals surface area (Å²) in [5.41, 5.74) is 0. The van der Waals surface area contributed by atoms with E-state index in [1.165, 1.54) is 6.92 Å². The van der Waals surface area contributed by atoms with Gasteiger partial charge in [0.05, 0.1) is 0 Å². The summed E-state index contributed by atoms with van der Waals surface area (Å²) in [7, 11) is -4.70. The molecular weight excluding hydrogens is 213 g/mol. The Morgan fingerprint density at radius 3 is 1.86 bits per heavy atom. The molecule has 1 atom stereocenters. The summed E-state index contributed by atoms with van der Waals surface area (Å²) < 4.78 is 14.6. The second-order valence-corrected chi connectivity index (χ2v) is 3.80. The molecule has 2 amide bonds. The van der Waals surface area contributed by atoms with Gasteiger partial charge in [-0.1, -0.05) is 0 Å². The van der Waals surface area contributed by atoms with Crippen LogP contribution in [0.25, 0.3) is 0 Å². The van der Waals surface area contributed by atoms with Gasteiger partial charge in [-0.15, -0.1) is 0 Å². The van der Waals surface area contributed by atoms with E-state index in [1.807, 2.05) is 0 Å². The van der Waals surface area contributed by atoms with Crippen LogP contribution in [0.5, 0.6) is 0 Å². The second kappa shape index (κ2) is 4.65. The Morgan fingerprint density at radius 2 is 1.64 bits per heavy atom. The first kappa shape index (κ1) is 13.2. The highest BCUT2D eigenvalue weighted by molar-refractivity contribution is 7.46. The Morgan fingerprint density at radius 1 is 1.29 bits per heavy atom. The van der Waals surface area contributed by atoms with Crippen LogP contribution in [0.2, 0.25) is 0 Å². The summed E-state index contributed by atoms with van der Waals surface area (Å²) in [5, 5.41) is 0. The largest absolute Gasteiger partial charge is 0.471 e. The van der Waals surface area contributed by atoms with Crippen molar-refractivity contribution in [2.75, 3.05) is 0 Å². The number of nitrogens with zero attached hydrogens (tertiary/aromatic N) is 1. The van der Waals surface area contributed by atoms with Crippen LogP contribution < -0.4 is 0 Å². The smallest absolute Gasteiger partial charge is 0.303 e. The third-order valence-corrected chi connectivity index (χ3v) is 1.91. The fraction of sp³-hybridized carbons (Fsp3) is 0.667. The number of phosphoric ester groups is 1. The van der Waals surface area contributed by atoms with Gasteiger partial charge in [0.25, 0.3) is 0 Å². The molecule has 1 unspecified atom stereocenters. The van der Waals surface area contributed by atoms with Crippen molar-refractivity contribution in [1.82, 2.24) is 4.90 Å². The van der Waals surface area contributed by atoms with Crippen molar-refractivity contribution in [2.45, 2.75) is 27.0 Å². The number of hydrogen-bond donors (Lipinski definition) is 2. The summed E-state index contributed by atoms with van der Waals surface area (Å²) in [4.78, 5) is 39.3. The van der Waals surface area contributed by atoms with Crippen molar-refractivity contribution in [3.8, 4) is 0 Å². The minimum Gasteiger partial charge on any atom is -0.303 e. The van der Waals surface area contributed by atoms with E-state index in [1.54, 1.807) is 0 Å². The normalized spacial score (nSPS) is 13.5. The van der Waals surface area contributed by atoms with Gasteiger partial charge in [0.1, 0.15) is 6.23 Å². The summed E-state index contributed by atoms with van der Waals surface area (Å²) in [6.07, 6.45) is -1.29. The molecule has 8 heteroatoms. The van der Waals surface area contributed by atoms with Crippen molar-refractivity contribution in [2.24, 2.45) is 0 Å². The van der Waals surface area contributed by atoms with E-state index in [0.29, 0.717) is 4.90 Å². The zero-order valence-corrected chi connectivity index (χ0v) is 8.89. The zero-order valence-electron chi connectivity index (χ0n) is 8.00. The van der Waals surface area contributed by atoms with Crippen molar-refractivity contribution < 1.29 is 28.5 Å². The number of carbonyl (C=O) groups is 2. The summed E-state index contributed by atoms with van der Waals surface area (Å²) in [5.74, 6) is -1.28. The minimum absolute atomic E-state index is 0.610. The molecule has 7 nitrogen and oxygen atoms in total. The number of imide groups is 1. The van der Waals surface area contributed by atoms with Gasteiger partial charge in [0, 0.05) is 13.8 Å². The van der Waals surface area contributed by atoms with Crippen LogP contribution in [0.4, 0.5) is 0 Å². The molecule has 14 heavy (non-hydrogen) atoms. The van der Waals surface area contributed by atoms with Crippen molar-refractivity contribution >= 4 is 19.6 Å². The first-order valence-electron chi connectivity index (χ1n) is 3.69. The monoisotopic (exact) mass is 225 g/mol. The molecule has 0 saturated carbocycles. The average molecular weight is 225 g/mol. The zero-order chi connectivity index (χ0) is 11.5. The average Bonchev–Trinajstić information content (AvgIpc) is 1.78. The number of amides is 2. The van der Waals surface area contributed by atoms with Gasteiger partial charge in [0.15, 0.2) is 0 Å². The van der Waals surface area contributed by atoms with E-state index in [4.69, 9.17) is 9.79 Å². The molecule has 0 fully saturated rings. The molecule has 0 saturated heterocycles. The predicted molar refractivity (Wildman–Crippen MR) is 45.8 cm³/mol. The lowest BCUT2D eigenvalue weighted by molar-refractivity contribution is -0.151. The molecule has 0 aromatic heterocycles. The second-order valence-electron chi connectivity index (χ2n) is 2.60. The summed E-state index contributed by atoms with van der Waals surface area (Å²) in [6.45, 7) is 3.39. The fourth-order valence-corrected chi connectivity index (χ4v) is 1.47. The summed E-state index contributed by atoms with van der Waals surface area (Å²) >= 11 is 0. The molecular formula is C6H12NO6P. The molecule has 2 N–H and O–H groups in total. The standard InChI is InChI=1S/C6H12NO6P/c1-4(8)7(5(2)9)6(3)13-14(10,11)12/h6H,1-3H3,(H2,10,11,12). The summed E-state index contributed by atoms with van der Waals surface area (Å²) in [6, 6.07) is 0. The molecule has 0 bridgehead atoms. The highest BCUT2D eigenvalue weighted by Gasteiger charge is 2.27. The maximum Gasteiger partial charge on any atom is 0.471 e. The first-order chi connectivity index (χ1) is 6.15. The maximum atomic E-state index is 10.9. The van der Waals surface area contributed by atoms with E-state index in [9.17, 15) is 14.2 Å². The minimum atomic E-state index is -4.70. The lowest BCUT2D eigenvalue weighted by Gasteiger charge is -2.24. The Bertz CT molecular complexity index is 270. The van der Waals surface area contributed by atoms with Crippen LogP contribution in [0.15, 0.2) is 0 Å². The van der Waals surface area contributed by atoms with Gasteiger partial charge in [-0.25, -0.2) is 4.57 Å². The molecule has 0 aliphatic rings. The molecule has 0 aliphatic heterocycles. The fourth-order valence-electron chi connectivity index (χ4n) is 0.980. The van der Waals surface area contributed by atoms with Crippen molar-refractivity contribution in [3.63, 3.8) is 0 Å². The molecule has 0 aliphatic carbocycles. The topological polar surface area (TPSA) is 104 Å². The number of rotatable bonds is 3. The van der Waals surface area contributed by atoms with Gasteiger partial charge < -0.3 is 9.79 Å². The van der Waals surface area contributed by atoms with Crippen LogP contribution in [-0.2, 0) is 18.7 Å². The van der Waals surface area contributed by atoms with Gasteiger partial charge >= 0.3 is 7.82 Å². The SMILES string of the molecule is CC(=O)N(C(C)=O)C(C)OP(=O)(O)O. The first-order valence-corrected chi connectivity index (χ1v) is 5.22. The van der Waals surface area contributed by atoms with Gasteiger partial charge in [-0.3, -0.25) is 19.0 Å². The van der Waals surface area contributed by atoms with Crippen LogP contribution >= 0.6 is 7.82 Å². The predicted octanol–water partition coefficient (Wildman–Crippen LogP) is -0.163. The van der Waals surface area contributed by atoms with Gasteiger partial charge in [-0.2, -0.15) is 0 Å². The molecule has 0 aromatic rings. The Hall–Kier alpha value is -0.750. The third kappa shape index (κ3) is 4.48. The van der Waals surface area contributed by atoms with E-state index in [2.05, 4.69) is 4.52 Å². The lowest BCUT2D eigenvalue weighted by atomic mass is 10.4. The van der Waals surface area contributed by atoms with Crippen molar-refractivity contribution in [3.05, 3.63) is 0 Å². The molecule has 0 spiro atoms. The highest BCUT2D eigenvalue weighted by atomic mass is 31.2. The third-order valence-electron chi connectivity index (χ3n) is 1.33. The Balaban J connectivity index is 4.62. The van der Waals surface area contributed by atoms with Gasteiger partial charge in [0.2, 0.25) is 11.8 Å². The molecule has 0 rings (SSSR count). The Labute approximate surface area is 80.9 Å². The highest BCUT2D eigenvalue weighted by Crippen LogP contribution is 2.38. The van der Waals surface area contributed by atoms with Crippen LogP contribution in [0.3, 0.4) is 0 Å². The molecule has 0 heterocycles. The van der Waals surface area contributed by atoms with Crippen molar-refractivity contribution in [1.29, 1.82) is 0 Å². The van der Waals surface area contributed by atoms with Crippen LogP contribution in [-0.4, -0.2) is 32.7 Å². The maximum absolute atomic E-state index is 10.9. The number of hydrogen-bond acceptors (Lipinski definition) is 4. The number of carbonyl (C=O) groups excluding carboxylic acids is 2. The molecule has 0 aromatic carbocycles. The van der Waals surface area contributed by atoms with E-state index < -0.39 is 25.9 Å². The Kier molecular flexibility index (Phi) is 4.41. The van der Waals surface area contributed by atoms with E-state index >= 15 is 0 Å². The molecule has 0 radical (unpaired) electrons. The number of phosphoric acid groups is 1. The lowest BCUT2D eigenvalue weighted by Crippen LogP contribution is -2.41.